The minimum Gasteiger partial charge on any atom is -0.497 e. The second-order valence-corrected chi connectivity index (χ2v) is 7.38. The van der Waals surface area contributed by atoms with Gasteiger partial charge >= 0.3 is 0 Å². The van der Waals surface area contributed by atoms with Crippen molar-refractivity contribution in [3.05, 3.63) is 65.5 Å². The van der Waals surface area contributed by atoms with Crippen LogP contribution in [0, 0.1) is 6.92 Å². The number of carbonyl (C=O) groups excluding carboxylic acids is 1. The van der Waals surface area contributed by atoms with Gasteiger partial charge in [-0.2, -0.15) is 4.98 Å². The van der Waals surface area contributed by atoms with E-state index in [-0.39, 0.29) is 5.91 Å². The van der Waals surface area contributed by atoms with Crippen molar-refractivity contribution in [2.75, 3.05) is 20.7 Å². The second kappa shape index (κ2) is 8.41. The number of carbonyl (C=O) groups is 1. The summed E-state index contributed by atoms with van der Waals surface area (Å²) in [6.45, 7) is 2.57. The number of aromatic nitrogens is 3. The van der Waals surface area contributed by atoms with E-state index in [9.17, 15) is 4.79 Å². The number of methoxy groups -OCH3 is 1. The van der Waals surface area contributed by atoms with Crippen LogP contribution in [0.2, 0.25) is 0 Å². The van der Waals surface area contributed by atoms with Crippen LogP contribution < -0.4 is 4.74 Å². The fourth-order valence-electron chi connectivity index (χ4n) is 3.28. The molecule has 4 aromatic rings. The van der Waals surface area contributed by atoms with Gasteiger partial charge in [-0.15, -0.1) is 0 Å². The molecule has 0 aliphatic heterocycles. The topological polar surface area (TPSA) is 84.2 Å². The number of hydrogen-bond donors (Lipinski definition) is 1. The zero-order valence-corrected chi connectivity index (χ0v) is 17.3. The monoisotopic (exact) mass is 404 g/mol. The number of hydrogen-bond acceptors (Lipinski definition) is 5. The van der Waals surface area contributed by atoms with Gasteiger partial charge in [-0.25, -0.2) is 0 Å². The Morgan fingerprint density at radius 1 is 1.17 bits per heavy atom. The number of amides is 1. The Hall–Kier alpha value is -3.61. The number of rotatable bonds is 7. The van der Waals surface area contributed by atoms with Crippen LogP contribution in [-0.4, -0.2) is 46.6 Å². The Bertz CT molecular complexity index is 1160. The summed E-state index contributed by atoms with van der Waals surface area (Å²) in [4.78, 5) is 21.9. The lowest BCUT2D eigenvalue weighted by Crippen LogP contribution is -2.30. The number of ether oxygens (including phenoxy) is 1. The summed E-state index contributed by atoms with van der Waals surface area (Å²) in [6.07, 6.45) is 0.861. The zero-order valence-electron chi connectivity index (χ0n) is 17.3. The molecule has 0 aliphatic rings. The van der Waals surface area contributed by atoms with Crippen molar-refractivity contribution in [3.8, 4) is 17.3 Å². The van der Waals surface area contributed by atoms with Gasteiger partial charge in [0.05, 0.1) is 13.5 Å². The van der Waals surface area contributed by atoms with Crippen LogP contribution in [0.15, 0.2) is 53.1 Å². The molecule has 0 saturated heterocycles. The Labute approximate surface area is 174 Å². The summed E-state index contributed by atoms with van der Waals surface area (Å²) in [5.41, 5.74) is 3.96. The molecule has 7 nitrogen and oxygen atoms in total. The fraction of sp³-hybridized carbons (Fsp3) is 0.261. The number of fused-ring (bicyclic) bond motifs is 1. The normalized spacial score (nSPS) is 11.0. The van der Waals surface area contributed by atoms with Crippen molar-refractivity contribution in [2.45, 2.75) is 19.8 Å². The van der Waals surface area contributed by atoms with Crippen molar-refractivity contribution in [2.24, 2.45) is 0 Å². The zero-order chi connectivity index (χ0) is 21.1. The molecule has 2 aromatic carbocycles. The Balaban J connectivity index is 1.35. The van der Waals surface area contributed by atoms with Crippen molar-refractivity contribution < 1.29 is 14.1 Å². The molecule has 2 heterocycles. The van der Waals surface area contributed by atoms with E-state index in [0.29, 0.717) is 31.1 Å². The number of nitrogens with one attached hydrogen (secondary N) is 1. The van der Waals surface area contributed by atoms with Gasteiger partial charge in [-0.3, -0.25) is 4.79 Å². The first-order chi connectivity index (χ1) is 14.5. The molecule has 0 unspecified atom stereocenters. The van der Waals surface area contributed by atoms with Crippen LogP contribution in [0.25, 0.3) is 22.5 Å². The Kier molecular flexibility index (Phi) is 5.52. The molecule has 0 bridgehead atoms. The van der Waals surface area contributed by atoms with Gasteiger partial charge in [0, 0.05) is 30.9 Å². The third kappa shape index (κ3) is 4.35. The first kappa shape index (κ1) is 19.7. The molecule has 0 fully saturated rings. The maximum atomic E-state index is 12.5. The van der Waals surface area contributed by atoms with E-state index in [1.807, 2.05) is 36.4 Å². The molecule has 1 N–H and O–H groups in total. The molecule has 7 heteroatoms. The summed E-state index contributed by atoms with van der Waals surface area (Å²) in [5, 5.41) is 5.16. The molecule has 0 spiro atoms. The standard InChI is InChI=1S/C23H24N4O3/c1-15-4-9-19-17(12-15)14-20(24-19)23-25-21(26-30-23)10-11-27(2)22(28)13-16-5-7-18(29-3)8-6-16/h4-9,12,14,24H,10-11,13H2,1-3H3. The van der Waals surface area contributed by atoms with E-state index in [1.54, 1.807) is 19.1 Å². The van der Waals surface area contributed by atoms with Crippen LogP contribution >= 0.6 is 0 Å². The smallest absolute Gasteiger partial charge is 0.274 e. The molecule has 0 radical (unpaired) electrons. The fourth-order valence-corrected chi connectivity index (χ4v) is 3.28. The molecule has 154 valence electrons. The lowest BCUT2D eigenvalue weighted by atomic mass is 10.1. The summed E-state index contributed by atoms with van der Waals surface area (Å²) >= 11 is 0. The van der Waals surface area contributed by atoms with Crippen LogP contribution in [0.1, 0.15) is 17.0 Å². The third-order valence-corrected chi connectivity index (χ3v) is 5.09. The molecular weight excluding hydrogens is 380 g/mol. The third-order valence-electron chi connectivity index (χ3n) is 5.09. The summed E-state index contributed by atoms with van der Waals surface area (Å²) in [5.74, 6) is 1.84. The number of H-pyrrole nitrogens is 1. The first-order valence-electron chi connectivity index (χ1n) is 9.81. The SMILES string of the molecule is COc1ccc(CC(=O)N(C)CCc2noc(-c3cc4cc(C)ccc4[nH]3)n2)cc1. The van der Waals surface area contributed by atoms with E-state index in [2.05, 4.69) is 34.2 Å². The van der Waals surface area contributed by atoms with E-state index in [4.69, 9.17) is 9.26 Å². The Morgan fingerprint density at radius 3 is 2.73 bits per heavy atom. The number of aryl methyl sites for hydroxylation is 1. The molecular formula is C23H24N4O3. The first-order valence-corrected chi connectivity index (χ1v) is 9.81. The number of benzene rings is 2. The predicted octanol–water partition coefficient (Wildman–Crippen LogP) is 3.78. The summed E-state index contributed by atoms with van der Waals surface area (Å²) < 4.78 is 10.6. The number of likely N-dealkylation sites (N-methyl/N-ethyl adjacent to an activating group) is 1. The maximum Gasteiger partial charge on any atom is 0.274 e. The second-order valence-electron chi connectivity index (χ2n) is 7.38. The lowest BCUT2D eigenvalue weighted by Gasteiger charge is -2.16. The maximum absolute atomic E-state index is 12.5. The van der Waals surface area contributed by atoms with Crippen molar-refractivity contribution in [1.29, 1.82) is 0 Å². The summed E-state index contributed by atoms with van der Waals surface area (Å²) in [6, 6.07) is 15.7. The highest BCUT2D eigenvalue weighted by molar-refractivity contribution is 5.85. The quantitative estimate of drug-likeness (QED) is 0.507. The average Bonchev–Trinajstić information content (AvgIpc) is 3.39. The van der Waals surface area contributed by atoms with E-state index in [0.717, 1.165) is 27.9 Å². The lowest BCUT2D eigenvalue weighted by molar-refractivity contribution is -0.129. The van der Waals surface area contributed by atoms with Gasteiger partial charge in [0.2, 0.25) is 5.91 Å². The predicted molar refractivity (Wildman–Crippen MR) is 114 cm³/mol. The van der Waals surface area contributed by atoms with Gasteiger partial charge < -0.3 is 19.1 Å². The minimum atomic E-state index is 0.0369. The highest BCUT2D eigenvalue weighted by Crippen LogP contribution is 2.23. The van der Waals surface area contributed by atoms with Crippen molar-refractivity contribution >= 4 is 16.8 Å². The van der Waals surface area contributed by atoms with Gasteiger partial charge in [0.15, 0.2) is 5.82 Å². The molecule has 0 atom stereocenters. The molecule has 1 amide bonds. The highest BCUT2D eigenvalue weighted by Gasteiger charge is 2.14. The van der Waals surface area contributed by atoms with Crippen molar-refractivity contribution in [3.63, 3.8) is 0 Å². The van der Waals surface area contributed by atoms with E-state index >= 15 is 0 Å². The molecule has 4 rings (SSSR count). The molecule has 30 heavy (non-hydrogen) atoms. The van der Waals surface area contributed by atoms with Gasteiger partial charge in [0.25, 0.3) is 5.89 Å². The number of nitrogens with zero attached hydrogens (tertiary/aromatic N) is 3. The van der Waals surface area contributed by atoms with Crippen molar-refractivity contribution in [1.82, 2.24) is 20.0 Å². The van der Waals surface area contributed by atoms with E-state index < -0.39 is 0 Å². The van der Waals surface area contributed by atoms with Gasteiger partial charge in [-0.1, -0.05) is 28.9 Å². The number of aromatic amines is 1. The van der Waals surface area contributed by atoms with Gasteiger partial charge in [-0.05, 0) is 42.8 Å². The van der Waals surface area contributed by atoms with Crippen LogP contribution in [0.4, 0.5) is 0 Å². The van der Waals surface area contributed by atoms with Gasteiger partial charge in [0.1, 0.15) is 11.4 Å². The molecule has 2 aromatic heterocycles. The molecule has 0 aliphatic carbocycles. The average molecular weight is 404 g/mol. The van der Waals surface area contributed by atoms with Crippen LogP contribution in [0.5, 0.6) is 5.75 Å². The molecule has 0 saturated carbocycles. The van der Waals surface area contributed by atoms with E-state index in [1.165, 1.54) is 5.56 Å². The Morgan fingerprint density at radius 2 is 1.97 bits per heavy atom. The van der Waals surface area contributed by atoms with Crippen LogP contribution in [0.3, 0.4) is 0 Å². The largest absolute Gasteiger partial charge is 0.497 e. The van der Waals surface area contributed by atoms with Crippen LogP contribution in [-0.2, 0) is 17.6 Å². The minimum absolute atomic E-state index is 0.0369. The highest BCUT2D eigenvalue weighted by atomic mass is 16.5. The summed E-state index contributed by atoms with van der Waals surface area (Å²) in [7, 11) is 3.41.